The molecule has 2 atom stereocenters. The largest absolute Gasteiger partial charge is 0.496 e. The van der Waals surface area contributed by atoms with Crippen molar-refractivity contribution in [3.05, 3.63) is 103 Å². The van der Waals surface area contributed by atoms with Crippen molar-refractivity contribution in [2.75, 3.05) is 25.6 Å². The number of benzene rings is 3. The molecule has 1 aliphatic rings. The lowest BCUT2D eigenvalue weighted by Gasteiger charge is -2.29. The smallest absolute Gasteiger partial charge is 0.330 e. The summed E-state index contributed by atoms with van der Waals surface area (Å²) in [5, 5.41) is 16.5. The molecule has 236 valence electrons. The van der Waals surface area contributed by atoms with Crippen LogP contribution in [0.15, 0.2) is 64.3 Å². The van der Waals surface area contributed by atoms with Crippen molar-refractivity contribution in [2.45, 2.75) is 32.0 Å². The fraction of sp³-hybridized carbons (Fsp3) is 0.303. The van der Waals surface area contributed by atoms with E-state index in [1.807, 2.05) is 25.1 Å². The Labute approximate surface area is 264 Å². The molecule has 1 amide bonds. The topological polar surface area (TPSA) is 124 Å². The third-order valence-electron chi connectivity index (χ3n) is 8.11. The molecule has 12 heteroatoms. The maximum Gasteiger partial charge on any atom is 0.330 e. The van der Waals surface area contributed by atoms with Crippen LogP contribution in [0, 0.1) is 12.7 Å². The standard InChI is InChI=1S/C33H34ClFN4O6/c1-18-20(7-6-10-26(18)37-31(41)24-16-38(2)33(43)39(3)32(24)42)22-9-5-8-21(30(22)34)19-13-25(35)23(29(14-19)44-4)15-36-27-11-12-45-17-28(27)40/h5-10,13-14,16,27-28,36,40H,11-12,15,17H2,1-4H3,(H,37,41)/t27-,28+/m1/s1. The summed E-state index contributed by atoms with van der Waals surface area (Å²) in [6.45, 7) is 2.72. The van der Waals surface area contributed by atoms with Crippen molar-refractivity contribution in [1.82, 2.24) is 14.5 Å². The molecule has 0 bridgehead atoms. The predicted molar refractivity (Wildman–Crippen MR) is 171 cm³/mol. The van der Waals surface area contributed by atoms with Crippen molar-refractivity contribution in [3.63, 3.8) is 0 Å². The molecule has 45 heavy (non-hydrogen) atoms. The van der Waals surface area contributed by atoms with E-state index in [-0.39, 0.29) is 24.8 Å². The molecule has 1 aromatic heterocycles. The number of nitrogens with one attached hydrogen (secondary N) is 2. The van der Waals surface area contributed by atoms with E-state index >= 15 is 4.39 Å². The molecule has 3 N–H and O–H groups in total. The first-order chi connectivity index (χ1) is 21.5. The number of halogens is 2. The summed E-state index contributed by atoms with van der Waals surface area (Å²) >= 11 is 6.96. The minimum atomic E-state index is -0.703. The summed E-state index contributed by atoms with van der Waals surface area (Å²) in [4.78, 5) is 37.7. The fourth-order valence-electron chi connectivity index (χ4n) is 5.49. The Balaban J connectivity index is 1.45. The monoisotopic (exact) mass is 636 g/mol. The van der Waals surface area contributed by atoms with Gasteiger partial charge in [0, 0.05) is 61.9 Å². The zero-order chi connectivity index (χ0) is 32.4. The van der Waals surface area contributed by atoms with Crippen LogP contribution in [-0.2, 0) is 25.4 Å². The Kier molecular flexibility index (Phi) is 9.54. The highest BCUT2D eigenvalue weighted by Crippen LogP contribution is 2.41. The van der Waals surface area contributed by atoms with Gasteiger partial charge in [0.15, 0.2) is 0 Å². The van der Waals surface area contributed by atoms with Gasteiger partial charge in [-0.05, 0) is 48.2 Å². The second-order valence-corrected chi connectivity index (χ2v) is 11.3. The second-order valence-electron chi connectivity index (χ2n) is 11.0. The van der Waals surface area contributed by atoms with Gasteiger partial charge in [-0.15, -0.1) is 0 Å². The van der Waals surface area contributed by atoms with Crippen molar-refractivity contribution in [2.24, 2.45) is 14.1 Å². The lowest BCUT2D eigenvalue weighted by molar-refractivity contribution is -0.0281. The molecule has 0 radical (unpaired) electrons. The van der Waals surface area contributed by atoms with E-state index in [0.29, 0.717) is 57.3 Å². The fourth-order valence-corrected chi connectivity index (χ4v) is 5.83. The third kappa shape index (κ3) is 6.43. The number of amides is 1. The summed E-state index contributed by atoms with van der Waals surface area (Å²) in [5.41, 5.74) is 2.51. The van der Waals surface area contributed by atoms with Crippen LogP contribution in [0.2, 0.25) is 5.02 Å². The van der Waals surface area contributed by atoms with E-state index in [2.05, 4.69) is 10.6 Å². The number of hydrogen-bond acceptors (Lipinski definition) is 7. The summed E-state index contributed by atoms with van der Waals surface area (Å²) in [6, 6.07) is 13.6. The molecule has 4 aromatic rings. The molecule has 1 aliphatic heterocycles. The number of nitrogens with zero attached hydrogens (tertiary/aromatic N) is 2. The zero-order valence-electron chi connectivity index (χ0n) is 25.3. The maximum absolute atomic E-state index is 15.5. The second kappa shape index (κ2) is 13.4. The van der Waals surface area contributed by atoms with Crippen molar-refractivity contribution < 1.29 is 23.8 Å². The number of aliphatic hydroxyl groups excluding tert-OH is 1. The highest BCUT2D eigenvalue weighted by Gasteiger charge is 2.25. The lowest BCUT2D eigenvalue weighted by atomic mass is 9.94. The van der Waals surface area contributed by atoms with Gasteiger partial charge in [0.05, 0.1) is 24.8 Å². The minimum absolute atomic E-state index is 0.161. The van der Waals surface area contributed by atoms with Crippen molar-refractivity contribution in [3.8, 4) is 28.0 Å². The third-order valence-corrected chi connectivity index (χ3v) is 8.52. The van der Waals surface area contributed by atoms with Crippen LogP contribution >= 0.6 is 11.6 Å². The van der Waals surface area contributed by atoms with Crippen LogP contribution in [0.1, 0.15) is 27.9 Å². The van der Waals surface area contributed by atoms with Crippen LogP contribution in [0.4, 0.5) is 10.1 Å². The summed E-state index contributed by atoms with van der Waals surface area (Å²) in [7, 11) is 4.24. The number of carbonyl (C=O) groups is 1. The van der Waals surface area contributed by atoms with Crippen molar-refractivity contribution in [1.29, 1.82) is 0 Å². The molecule has 1 fully saturated rings. The first kappa shape index (κ1) is 32.1. The number of aromatic nitrogens is 2. The van der Waals surface area contributed by atoms with Gasteiger partial charge in [-0.1, -0.05) is 41.9 Å². The molecule has 0 saturated carbocycles. The van der Waals surface area contributed by atoms with Crippen LogP contribution in [0.3, 0.4) is 0 Å². The summed E-state index contributed by atoms with van der Waals surface area (Å²) < 4.78 is 28.4. The molecular formula is C33H34ClFN4O6. The minimum Gasteiger partial charge on any atom is -0.496 e. The van der Waals surface area contributed by atoms with E-state index in [1.165, 1.54) is 38.0 Å². The predicted octanol–water partition coefficient (Wildman–Crippen LogP) is 4.02. The Morgan fingerprint density at radius 3 is 2.58 bits per heavy atom. The number of rotatable bonds is 8. The van der Waals surface area contributed by atoms with E-state index in [0.717, 1.165) is 10.1 Å². The normalized spacial score (nSPS) is 16.4. The number of anilines is 1. The molecule has 0 unspecified atom stereocenters. The maximum atomic E-state index is 15.5. The first-order valence-electron chi connectivity index (χ1n) is 14.3. The number of hydrogen-bond donors (Lipinski definition) is 3. The van der Waals surface area contributed by atoms with Gasteiger partial charge < -0.3 is 29.8 Å². The van der Waals surface area contributed by atoms with Crippen LogP contribution in [0.5, 0.6) is 5.75 Å². The highest BCUT2D eigenvalue weighted by molar-refractivity contribution is 6.36. The number of aryl methyl sites for hydroxylation is 1. The molecule has 5 rings (SSSR count). The average molecular weight is 637 g/mol. The van der Waals surface area contributed by atoms with E-state index in [4.69, 9.17) is 21.1 Å². The Morgan fingerprint density at radius 1 is 1.13 bits per heavy atom. The average Bonchev–Trinajstić information content (AvgIpc) is 3.02. The number of aliphatic hydroxyl groups is 1. The molecule has 10 nitrogen and oxygen atoms in total. The van der Waals surface area contributed by atoms with Gasteiger partial charge >= 0.3 is 5.69 Å². The number of carbonyl (C=O) groups excluding carboxylic acids is 1. The van der Waals surface area contributed by atoms with Gasteiger partial charge in [0.1, 0.15) is 17.1 Å². The summed E-state index contributed by atoms with van der Waals surface area (Å²) in [5.74, 6) is -0.800. The van der Waals surface area contributed by atoms with Gasteiger partial charge in [-0.2, -0.15) is 0 Å². The van der Waals surface area contributed by atoms with Crippen molar-refractivity contribution >= 4 is 23.2 Å². The number of methoxy groups -OCH3 is 1. The van der Waals surface area contributed by atoms with Gasteiger partial charge in [-0.3, -0.25) is 14.2 Å². The van der Waals surface area contributed by atoms with E-state index in [1.54, 1.807) is 24.3 Å². The first-order valence-corrected chi connectivity index (χ1v) is 14.7. The van der Waals surface area contributed by atoms with E-state index < -0.39 is 29.1 Å². The summed E-state index contributed by atoms with van der Waals surface area (Å²) in [6.07, 6.45) is 1.15. The molecular weight excluding hydrogens is 603 g/mol. The highest BCUT2D eigenvalue weighted by atomic mass is 35.5. The molecule has 2 heterocycles. The Morgan fingerprint density at radius 2 is 1.84 bits per heavy atom. The SMILES string of the molecule is COc1cc(-c2cccc(-c3cccc(NC(=O)c4cn(C)c(=O)n(C)c4=O)c3C)c2Cl)cc(F)c1CN[C@@H]1CCOC[C@@H]1O. The van der Waals surface area contributed by atoms with E-state index in [9.17, 15) is 19.5 Å². The van der Waals surface area contributed by atoms with Crippen LogP contribution < -0.4 is 26.6 Å². The Bertz CT molecular complexity index is 1890. The zero-order valence-corrected chi connectivity index (χ0v) is 26.1. The molecule has 1 saturated heterocycles. The number of ether oxygens (including phenoxy) is 2. The van der Waals surface area contributed by atoms with Crippen LogP contribution in [0.25, 0.3) is 22.3 Å². The molecule has 3 aromatic carbocycles. The van der Waals surface area contributed by atoms with Gasteiger partial charge in [0.25, 0.3) is 11.5 Å². The molecule has 0 spiro atoms. The Hall–Kier alpha value is -4.29. The quantitative estimate of drug-likeness (QED) is 0.267. The van der Waals surface area contributed by atoms with Gasteiger partial charge in [-0.25, -0.2) is 9.18 Å². The van der Waals surface area contributed by atoms with Gasteiger partial charge in [0.2, 0.25) is 0 Å². The lowest BCUT2D eigenvalue weighted by Crippen LogP contribution is -2.46. The molecule has 0 aliphatic carbocycles. The van der Waals surface area contributed by atoms with Crippen LogP contribution in [-0.4, -0.2) is 52.6 Å².